The van der Waals surface area contributed by atoms with Crippen LogP contribution in [0.15, 0.2) is 17.5 Å². The number of aliphatic carboxylic acids is 1. The van der Waals surface area contributed by atoms with Gasteiger partial charge in [-0.1, -0.05) is 6.07 Å². The standard InChI is InChI=1S/C13H17N3O4S/c1-8(17)14-9-4-5-16(7-9)13(20)15-11(12(18)19)10-3-2-6-21-10/h2-3,6,9,11H,4-5,7H2,1H3,(H,14,17)(H,15,20)(H,18,19). The maximum absolute atomic E-state index is 12.1. The third-order valence-electron chi connectivity index (χ3n) is 3.23. The van der Waals surface area contributed by atoms with Crippen molar-refractivity contribution in [2.24, 2.45) is 0 Å². The lowest BCUT2D eigenvalue weighted by Gasteiger charge is -2.20. The molecule has 0 aromatic carbocycles. The minimum atomic E-state index is -1.09. The van der Waals surface area contributed by atoms with E-state index in [0.717, 1.165) is 0 Å². The van der Waals surface area contributed by atoms with E-state index in [-0.39, 0.29) is 11.9 Å². The van der Waals surface area contributed by atoms with E-state index in [1.54, 1.807) is 17.5 Å². The second-order valence-corrected chi connectivity index (χ2v) is 5.85. The van der Waals surface area contributed by atoms with Gasteiger partial charge in [0.2, 0.25) is 5.91 Å². The number of carbonyl (C=O) groups excluding carboxylic acids is 2. The smallest absolute Gasteiger partial charge is 0.331 e. The molecule has 3 amide bonds. The second kappa shape index (κ2) is 6.57. The van der Waals surface area contributed by atoms with Crippen molar-refractivity contribution < 1.29 is 19.5 Å². The molecule has 1 fully saturated rings. The van der Waals surface area contributed by atoms with Crippen LogP contribution in [0.5, 0.6) is 0 Å². The number of rotatable bonds is 4. The van der Waals surface area contributed by atoms with Gasteiger partial charge in [-0.15, -0.1) is 11.3 Å². The fourth-order valence-corrected chi connectivity index (χ4v) is 3.04. The summed E-state index contributed by atoms with van der Waals surface area (Å²) in [7, 11) is 0. The Morgan fingerprint density at radius 3 is 2.81 bits per heavy atom. The molecule has 2 heterocycles. The number of carboxylic acid groups (broad SMARTS) is 1. The first-order valence-corrected chi connectivity index (χ1v) is 7.44. The van der Waals surface area contributed by atoms with Gasteiger partial charge in [-0.3, -0.25) is 4.79 Å². The molecule has 1 saturated heterocycles. The number of thiophene rings is 1. The van der Waals surface area contributed by atoms with Gasteiger partial charge in [0.05, 0.1) is 0 Å². The normalized spacial score (nSPS) is 19.1. The summed E-state index contributed by atoms with van der Waals surface area (Å²) in [6.07, 6.45) is 0.670. The van der Waals surface area contributed by atoms with E-state index < -0.39 is 18.0 Å². The zero-order chi connectivity index (χ0) is 15.4. The van der Waals surface area contributed by atoms with Crippen molar-refractivity contribution in [2.75, 3.05) is 13.1 Å². The molecule has 3 N–H and O–H groups in total. The zero-order valence-corrected chi connectivity index (χ0v) is 12.4. The zero-order valence-electron chi connectivity index (χ0n) is 11.5. The van der Waals surface area contributed by atoms with E-state index in [2.05, 4.69) is 10.6 Å². The maximum atomic E-state index is 12.1. The van der Waals surface area contributed by atoms with E-state index in [1.165, 1.54) is 23.2 Å². The van der Waals surface area contributed by atoms with Crippen LogP contribution >= 0.6 is 11.3 Å². The minimum absolute atomic E-state index is 0.0711. The summed E-state index contributed by atoms with van der Waals surface area (Å²) in [5, 5.41) is 16.3. The van der Waals surface area contributed by atoms with E-state index in [0.29, 0.717) is 24.4 Å². The number of urea groups is 1. The van der Waals surface area contributed by atoms with Crippen molar-refractivity contribution in [1.82, 2.24) is 15.5 Å². The van der Waals surface area contributed by atoms with Crippen LogP contribution in [0.3, 0.4) is 0 Å². The number of nitrogens with zero attached hydrogens (tertiary/aromatic N) is 1. The molecule has 1 aliphatic rings. The Labute approximate surface area is 125 Å². The molecule has 1 aromatic heterocycles. The third-order valence-corrected chi connectivity index (χ3v) is 4.16. The molecule has 2 atom stereocenters. The molecule has 1 aromatic rings. The van der Waals surface area contributed by atoms with Crippen molar-refractivity contribution in [3.8, 4) is 0 Å². The highest BCUT2D eigenvalue weighted by Crippen LogP contribution is 2.20. The fraction of sp³-hybridized carbons (Fsp3) is 0.462. The highest BCUT2D eigenvalue weighted by atomic mass is 32.1. The van der Waals surface area contributed by atoms with E-state index in [9.17, 15) is 19.5 Å². The first-order valence-electron chi connectivity index (χ1n) is 6.56. The Bertz CT molecular complexity index is 532. The van der Waals surface area contributed by atoms with Crippen LogP contribution in [0.2, 0.25) is 0 Å². The van der Waals surface area contributed by atoms with Crippen LogP contribution in [-0.4, -0.2) is 47.0 Å². The topological polar surface area (TPSA) is 98.7 Å². The van der Waals surface area contributed by atoms with Crippen molar-refractivity contribution in [1.29, 1.82) is 0 Å². The monoisotopic (exact) mass is 311 g/mol. The van der Waals surface area contributed by atoms with Gasteiger partial charge >= 0.3 is 12.0 Å². The lowest BCUT2D eigenvalue weighted by molar-refractivity contribution is -0.139. The number of carboxylic acids is 1. The number of nitrogens with one attached hydrogen (secondary N) is 2. The van der Waals surface area contributed by atoms with Gasteiger partial charge in [0, 0.05) is 30.9 Å². The first-order chi connectivity index (χ1) is 9.97. The molecule has 0 spiro atoms. The van der Waals surface area contributed by atoms with Crippen LogP contribution in [-0.2, 0) is 9.59 Å². The molecule has 0 aliphatic carbocycles. The Kier molecular flexibility index (Phi) is 4.79. The average molecular weight is 311 g/mol. The largest absolute Gasteiger partial charge is 0.479 e. The van der Waals surface area contributed by atoms with Crippen molar-refractivity contribution in [2.45, 2.75) is 25.4 Å². The summed E-state index contributed by atoms with van der Waals surface area (Å²) < 4.78 is 0. The van der Waals surface area contributed by atoms with Crippen LogP contribution in [0.4, 0.5) is 4.79 Å². The molecule has 8 heteroatoms. The number of likely N-dealkylation sites (tertiary alicyclic amines) is 1. The molecule has 0 bridgehead atoms. The summed E-state index contributed by atoms with van der Waals surface area (Å²) in [5.41, 5.74) is 0. The molecule has 0 radical (unpaired) electrons. The summed E-state index contributed by atoms with van der Waals surface area (Å²) in [4.78, 5) is 36.5. The lowest BCUT2D eigenvalue weighted by Crippen LogP contribution is -2.44. The SMILES string of the molecule is CC(=O)NC1CCN(C(=O)NC(C(=O)O)c2cccs2)C1. The second-order valence-electron chi connectivity index (χ2n) is 4.87. The van der Waals surface area contributed by atoms with E-state index in [1.807, 2.05) is 0 Å². The highest BCUT2D eigenvalue weighted by molar-refractivity contribution is 7.10. The van der Waals surface area contributed by atoms with Gasteiger partial charge in [-0.05, 0) is 17.9 Å². The maximum Gasteiger partial charge on any atom is 0.331 e. The fourth-order valence-electron chi connectivity index (χ4n) is 2.27. The number of hydrogen-bond donors (Lipinski definition) is 3. The number of hydrogen-bond acceptors (Lipinski definition) is 4. The van der Waals surface area contributed by atoms with Crippen molar-refractivity contribution >= 4 is 29.2 Å². The summed E-state index contributed by atoms with van der Waals surface area (Å²) in [5.74, 6) is -1.23. The van der Waals surface area contributed by atoms with E-state index in [4.69, 9.17) is 0 Å². The predicted octanol–water partition coefficient (Wildman–Crippen LogP) is 0.794. The molecule has 21 heavy (non-hydrogen) atoms. The van der Waals surface area contributed by atoms with E-state index >= 15 is 0 Å². The summed E-state index contributed by atoms with van der Waals surface area (Å²) in [6.45, 7) is 2.32. The van der Waals surface area contributed by atoms with Gasteiger partial charge in [0.25, 0.3) is 0 Å². The highest BCUT2D eigenvalue weighted by Gasteiger charge is 2.30. The molecular formula is C13H17N3O4S. The third kappa shape index (κ3) is 3.94. The molecule has 0 saturated carbocycles. The Hall–Kier alpha value is -2.09. The average Bonchev–Trinajstić information content (AvgIpc) is 3.05. The van der Waals surface area contributed by atoms with Crippen LogP contribution in [0.1, 0.15) is 24.3 Å². The van der Waals surface area contributed by atoms with Crippen LogP contribution < -0.4 is 10.6 Å². The Morgan fingerprint density at radius 2 is 2.24 bits per heavy atom. The molecule has 114 valence electrons. The van der Waals surface area contributed by atoms with Gasteiger partial charge in [-0.2, -0.15) is 0 Å². The molecule has 1 aliphatic heterocycles. The van der Waals surface area contributed by atoms with Gasteiger partial charge in [0.15, 0.2) is 6.04 Å². The number of amides is 3. The predicted molar refractivity (Wildman–Crippen MR) is 77.0 cm³/mol. The van der Waals surface area contributed by atoms with Gasteiger partial charge in [0.1, 0.15) is 0 Å². The quantitative estimate of drug-likeness (QED) is 0.765. The lowest BCUT2D eigenvalue weighted by atomic mass is 10.2. The van der Waals surface area contributed by atoms with Gasteiger partial charge in [-0.25, -0.2) is 9.59 Å². The van der Waals surface area contributed by atoms with Crippen molar-refractivity contribution in [3.63, 3.8) is 0 Å². The van der Waals surface area contributed by atoms with Gasteiger partial charge < -0.3 is 20.6 Å². The van der Waals surface area contributed by atoms with Crippen LogP contribution in [0.25, 0.3) is 0 Å². The summed E-state index contributed by atoms with van der Waals surface area (Å²) in [6, 6.07) is 1.87. The molecular weight excluding hydrogens is 294 g/mol. The molecule has 7 nitrogen and oxygen atoms in total. The molecule has 2 rings (SSSR count). The number of carbonyl (C=O) groups is 3. The Morgan fingerprint density at radius 1 is 1.48 bits per heavy atom. The van der Waals surface area contributed by atoms with Crippen LogP contribution in [0, 0.1) is 0 Å². The molecule has 2 unspecified atom stereocenters. The first kappa shape index (κ1) is 15.3. The summed E-state index contributed by atoms with van der Waals surface area (Å²) >= 11 is 1.28. The minimum Gasteiger partial charge on any atom is -0.479 e. The Balaban J connectivity index is 1.94. The van der Waals surface area contributed by atoms with Crippen molar-refractivity contribution in [3.05, 3.63) is 22.4 Å².